The monoisotopic (exact) mass is 299 g/mol. The number of hydrogen-bond acceptors (Lipinski definition) is 2. The van der Waals surface area contributed by atoms with Crippen molar-refractivity contribution in [3.8, 4) is 0 Å². The van der Waals surface area contributed by atoms with Crippen LogP contribution in [0.5, 0.6) is 0 Å². The van der Waals surface area contributed by atoms with Gasteiger partial charge in [0, 0.05) is 12.0 Å². The maximum absolute atomic E-state index is 6.16. The second kappa shape index (κ2) is 4.92. The summed E-state index contributed by atoms with van der Waals surface area (Å²) < 4.78 is 5.82. The van der Waals surface area contributed by atoms with E-state index in [4.69, 9.17) is 27.9 Å². The average Bonchev–Trinajstić information content (AvgIpc) is 2.76. The molecule has 3 atom stereocenters. The van der Waals surface area contributed by atoms with Gasteiger partial charge in [-0.1, -0.05) is 29.3 Å². The van der Waals surface area contributed by atoms with Crippen molar-refractivity contribution in [2.45, 2.75) is 25.4 Å². The molecule has 1 aliphatic carbocycles. The minimum Gasteiger partial charge on any atom is -0.378 e. The highest BCUT2D eigenvalue weighted by Gasteiger charge is 2.67. The molecule has 0 radical (unpaired) electrons. The third-order valence-electron chi connectivity index (χ3n) is 4.55. The number of nitrogens with one attached hydrogen (secondary N) is 1. The molecule has 1 aromatic rings. The number of fused-ring (bicyclic) bond motifs is 1. The molecule has 19 heavy (non-hydrogen) atoms. The van der Waals surface area contributed by atoms with E-state index in [1.54, 1.807) is 0 Å². The molecule has 1 saturated carbocycles. The van der Waals surface area contributed by atoms with Crippen LogP contribution < -0.4 is 5.32 Å². The van der Waals surface area contributed by atoms with E-state index in [9.17, 15) is 0 Å². The Labute approximate surface area is 124 Å². The molecule has 0 aromatic heterocycles. The number of rotatable bonds is 4. The van der Waals surface area contributed by atoms with Crippen LogP contribution in [0.25, 0.3) is 0 Å². The molecule has 1 aromatic carbocycles. The first-order valence-electron chi connectivity index (χ1n) is 6.83. The van der Waals surface area contributed by atoms with Crippen LogP contribution in [-0.4, -0.2) is 25.8 Å². The Morgan fingerprint density at radius 1 is 1.37 bits per heavy atom. The van der Waals surface area contributed by atoms with Crippen molar-refractivity contribution in [3.05, 3.63) is 33.8 Å². The maximum atomic E-state index is 6.16. The minimum atomic E-state index is 0.211. The molecule has 2 aliphatic rings. The molecule has 2 fully saturated rings. The zero-order valence-corrected chi connectivity index (χ0v) is 12.8. The SMILES string of the molecule is CC(C)OC[C@@H]1[C@H]2CNCC21c1ccc(Cl)c(Cl)c1. The van der Waals surface area contributed by atoms with E-state index < -0.39 is 0 Å². The third kappa shape index (κ3) is 2.19. The second-order valence-corrected chi connectivity index (χ2v) is 6.71. The molecule has 1 aliphatic heterocycles. The Hall–Kier alpha value is -0.280. The number of ether oxygens (including phenoxy) is 1. The van der Waals surface area contributed by atoms with Crippen LogP contribution in [-0.2, 0) is 10.2 Å². The van der Waals surface area contributed by atoms with Crippen molar-refractivity contribution in [1.29, 1.82) is 0 Å². The van der Waals surface area contributed by atoms with Gasteiger partial charge in [-0.15, -0.1) is 0 Å². The van der Waals surface area contributed by atoms with Gasteiger partial charge in [0.05, 0.1) is 22.8 Å². The van der Waals surface area contributed by atoms with Crippen LogP contribution in [0.15, 0.2) is 18.2 Å². The topological polar surface area (TPSA) is 21.3 Å². The molecular formula is C15H19Cl2NO. The zero-order chi connectivity index (χ0) is 13.6. The summed E-state index contributed by atoms with van der Waals surface area (Å²) in [6.45, 7) is 7.10. The number of piperidine rings is 1. The minimum absolute atomic E-state index is 0.211. The predicted octanol–water partition coefficient (Wildman–Crippen LogP) is 3.51. The first-order valence-corrected chi connectivity index (χ1v) is 7.59. The van der Waals surface area contributed by atoms with Crippen LogP contribution in [0.1, 0.15) is 19.4 Å². The van der Waals surface area contributed by atoms with Gasteiger partial charge >= 0.3 is 0 Å². The Balaban J connectivity index is 1.83. The fourth-order valence-corrected chi connectivity index (χ4v) is 3.80. The quantitative estimate of drug-likeness (QED) is 0.919. The summed E-state index contributed by atoms with van der Waals surface area (Å²) >= 11 is 12.2. The molecular weight excluding hydrogens is 281 g/mol. The summed E-state index contributed by atoms with van der Waals surface area (Å²) in [6, 6.07) is 6.05. The van der Waals surface area contributed by atoms with Crippen LogP contribution >= 0.6 is 23.2 Å². The van der Waals surface area contributed by atoms with Gasteiger partial charge in [-0.05, 0) is 49.9 Å². The van der Waals surface area contributed by atoms with Crippen molar-refractivity contribution in [1.82, 2.24) is 5.32 Å². The molecule has 104 valence electrons. The van der Waals surface area contributed by atoms with Crippen molar-refractivity contribution in [2.75, 3.05) is 19.7 Å². The standard InChI is InChI=1S/C15H19Cl2NO/c1-9(2)19-7-12-11-6-18-8-15(11,12)10-3-4-13(16)14(17)5-10/h3-5,9,11-12,18H,6-8H2,1-2H3/t11-,12-,15?/m1/s1. The number of benzene rings is 1. The van der Waals surface area contributed by atoms with Crippen LogP contribution in [0.2, 0.25) is 10.0 Å². The highest BCUT2D eigenvalue weighted by molar-refractivity contribution is 6.42. The molecule has 2 nitrogen and oxygen atoms in total. The molecule has 3 rings (SSSR count). The van der Waals surface area contributed by atoms with E-state index in [0.717, 1.165) is 19.7 Å². The summed E-state index contributed by atoms with van der Waals surface area (Å²) in [6.07, 6.45) is 0.292. The fraction of sp³-hybridized carbons (Fsp3) is 0.600. The predicted molar refractivity (Wildman–Crippen MR) is 79.1 cm³/mol. The summed E-state index contributed by atoms with van der Waals surface area (Å²) in [4.78, 5) is 0. The van der Waals surface area contributed by atoms with Gasteiger partial charge in [0.15, 0.2) is 0 Å². The van der Waals surface area contributed by atoms with E-state index in [2.05, 4.69) is 25.2 Å². The molecule has 0 bridgehead atoms. The van der Waals surface area contributed by atoms with Gasteiger partial charge in [0.25, 0.3) is 0 Å². The van der Waals surface area contributed by atoms with Crippen LogP contribution in [0.4, 0.5) is 0 Å². The van der Waals surface area contributed by atoms with Gasteiger partial charge in [0.2, 0.25) is 0 Å². The highest BCUT2D eigenvalue weighted by atomic mass is 35.5. The Bertz CT molecular complexity index is 491. The van der Waals surface area contributed by atoms with Gasteiger partial charge in [-0.2, -0.15) is 0 Å². The third-order valence-corrected chi connectivity index (χ3v) is 5.29. The van der Waals surface area contributed by atoms with E-state index in [1.807, 2.05) is 12.1 Å². The Morgan fingerprint density at radius 3 is 2.84 bits per heavy atom. The van der Waals surface area contributed by atoms with Gasteiger partial charge in [0.1, 0.15) is 0 Å². The van der Waals surface area contributed by atoms with Gasteiger partial charge in [-0.25, -0.2) is 0 Å². The van der Waals surface area contributed by atoms with Gasteiger partial charge < -0.3 is 10.1 Å². The number of halogens is 2. The summed E-state index contributed by atoms with van der Waals surface area (Å²) in [5.41, 5.74) is 1.51. The first-order chi connectivity index (χ1) is 9.05. The van der Waals surface area contributed by atoms with Crippen LogP contribution in [0.3, 0.4) is 0 Å². The smallest absolute Gasteiger partial charge is 0.0595 e. The lowest BCUT2D eigenvalue weighted by molar-refractivity contribution is 0.0634. The molecule has 4 heteroatoms. The zero-order valence-electron chi connectivity index (χ0n) is 11.2. The summed E-state index contributed by atoms with van der Waals surface area (Å²) in [5, 5.41) is 4.75. The Morgan fingerprint density at radius 2 is 2.16 bits per heavy atom. The lowest BCUT2D eigenvalue weighted by atomic mass is 9.93. The van der Waals surface area contributed by atoms with Crippen molar-refractivity contribution in [2.24, 2.45) is 11.8 Å². The summed E-state index contributed by atoms with van der Waals surface area (Å²) in [7, 11) is 0. The second-order valence-electron chi connectivity index (χ2n) is 5.90. The van der Waals surface area contributed by atoms with Crippen LogP contribution in [0, 0.1) is 11.8 Å². The number of hydrogen-bond donors (Lipinski definition) is 1. The first kappa shape index (κ1) is 13.7. The molecule has 0 spiro atoms. The molecule has 1 unspecified atom stereocenters. The highest BCUT2D eigenvalue weighted by Crippen LogP contribution is 2.62. The molecule has 0 amide bonds. The molecule has 1 heterocycles. The van der Waals surface area contributed by atoms with E-state index in [0.29, 0.717) is 28.0 Å². The largest absolute Gasteiger partial charge is 0.378 e. The Kier molecular flexibility index (Phi) is 3.55. The lowest BCUT2D eigenvalue weighted by Crippen LogP contribution is -2.25. The van der Waals surface area contributed by atoms with E-state index in [-0.39, 0.29) is 5.41 Å². The van der Waals surface area contributed by atoms with E-state index >= 15 is 0 Å². The maximum Gasteiger partial charge on any atom is 0.0595 e. The average molecular weight is 300 g/mol. The van der Waals surface area contributed by atoms with Crippen molar-refractivity contribution in [3.63, 3.8) is 0 Å². The normalized spacial score (nSPS) is 32.7. The fourth-order valence-electron chi connectivity index (χ4n) is 3.50. The van der Waals surface area contributed by atoms with Crippen molar-refractivity contribution >= 4 is 23.2 Å². The summed E-state index contributed by atoms with van der Waals surface area (Å²) in [5.74, 6) is 1.27. The lowest BCUT2D eigenvalue weighted by Gasteiger charge is -2.17. The van der Waals surface area contributed by atoms with Crippen molar-refractivity contribution < 1.29 is 4.74 Å². The van der Waals surface area contributed by atoms with Gasteiger partial charge in [-0.3, -0.25) is 0 Å². The van der Waals surface area contributed by atoms with E-state index in [1.165, 1.54) is 5.56 Å². The molecule has 1 saturated heterocycles. The molecule has 1 N–H and O–H groups in total.